The van der Waals surface area contributed by atoms with Crippen molar-refractivity contribution in [3.63, 3.8) is 0 Å². The minimum atomic E-state index is -0.319. The molecule has 1 aromatic carbocycles. The van der Waals surface area contributed by atoms with Gasteiger partial charge in [-0.1, -0.05) is 38.3 Å². The molecule has 0 radical (unpaired) electrons. The molecule has 0 saturated heterocycles. The lowest BCUT2D eigenvalue weighted by Gasteiger charge is -2.07. The maximum atomic E-state index is 11.9. The monoisotopic (exact) mass is 301 g/mol. The molecular weight excluding hydrogens is 278 g/mol. The molecule has 0 aliphatic heterocycles. The SMILES string of the molecule is CCCCCCn1cc(-c2ccc(O)cc2)cc1C(=O)OC. The highest BCUT2D eigenvalue weighted by Gasteiger charge is 2.14. The molecule has 0 atom stereocenters. The summed E-state index contributed by atoms with van der Waals surface area (Å²) in [7, 11) is 1.40. The number of rotatable bonds is 7. The van der Waals surface area contributed by atoms with Crippen LogP contribution in [0.1, 0.15) is 43.1 Å². The first kappa shape index (κ1) is 16.1. The van der Waals surface area contributed by atoms with Gasteiger partial charge in [-0.2, -0.15) is 0 Å². The van der Waals surface area contributed by atoms with Crippen molar-refractivity contribution in [2.45, 2.75) is 39.2 Å². The quantitative estimate of drug-likeness (QED) is 0.615. The topological polar surface area (TPSA) is 51.5 Å². The molecule has 22 heavy (non-hydrogen) atoms. The number of carbonyl (C=O) groups is 1. The third-order valence-electron chi connectivity index (χ3n) is 3.74. The largest absolute Gasteiger partial charge is 0.508 e. The molecule has 1 heterocycles. The van der Waals surface area contributed by atoms with Crippen molar-refractivity contribution >= 4 is 5.97 Å². The van der Waals surface area contributed by atoms with E-state index in [2.05, 4.69) is 6.92 Å². The molecule has 0 saturated carbocycles. The first-order chi connectivity index (χ1) is 10.7. The van der Waals surface area contributed by atoms with Crippen LogP contribution >= 0.6 is 0 Å². The van der Waals surface area contributed by atoms with Gasteiger partial charge in [0.1, 0.15) is 11.4 Å². The van der Waals surface area contributed by atoms with Gasteiger partial charge in [-0.15, -0.1) is 0 Å². The van der Waals surface area contributed by atoms with Crippen LogP contribution in [0.2, 0.25) is 0 Å². The van der Waals surface area contributed by atoms with Gasteiger partial charge < -0.3 is 14.4 Å². The Morgan fingerprint density at radius 1 is 1.14 bits per heavy atom. The lowest BCUT2D eigenvalue weighted by atomic mass is 10.1. The van der Waals surface area contributed by atoms with Gasteiger partial charge in [-0.3, -0.25) is 0 Å². The van der Waals surface area contributed by atoms with E-state index in [1.165, 1.54) is 20.0 Å². The molecule has 1 N–H and O–H groups in total. The van der Waals surface area contributed by atoms with E-state index in [0.717, 1.165) is 30.5 Å². The third-order valence-corrected chi connectivity index (χ3v) is 3.74. The average Bonchev–Trinajstić information content (AvgIpc) is 2.95. The van der Waals surface area contributed by atoms with E-state index < -0.39 is 0 Å². The minimum Gasteiger partial charge on any atom is -0.508 e. The molecule has 0 fully saturated rings. The van der Waals surface area contributed by atoms with Crippen LogP contribution in [0.25, 0.3) is 11.1 Å². The molecule has 1 aromatic heterocycles. The molecule has 2 aromatic rings. The Balaban J connectivity index is 2.23. The molecule has 4 heteroatoms. The molecule has 4 nitrogen and oxygen atoms in total. The van der Waals surface area contributed by atoms with E-state index in [0.29, 0.717) is 5.69 Å². The average molecular weight is 301 g/mol. The molecular formula is C18H23NO3. The van der Waals surface area contributed by atoms with Gasteiger partial charge in [0, 0.05) is 18.3 Å². The zero-order valence-corrected chi connectivity index (χ0v) is 13.2. The van der Waals surface area contributed by atoms with E-state index in [9.17, 15) is 9.90 Å². The summed E-state index contributed by atoms with van der Waals surface area (Å²) in [6.07, 6.45) is 6.57. The molecule has 0 amide bonds. The van der Waals surface area contributed by atoms with Crippen molar-refractivity contribution in [1.82, 2.24) is 4.57 Å². The summed E-state index contributed by atoms with van der Waals surface area (Å²) in [6, 6.07) is 8.82. The summed E-state index contributed by atoms with van der Waals surface area (Å²) >= 11 is 0. The molecule has 0 spiro atoms. The van der Waals surface area contributed by atoms with Crippen LogP contribution < -0.4 is 0 Å². The molecule has 0 unspecified atom stereocenters. The lowest BCUT2D eigenvalue weighted by Crippen LogP contribution is -2.10. The highest BCUT2D eigenvalue weighted by atomic mass is 16.5. The smallest absolute Gasteiger partial charge is 0.354 e. The van der Waals surface area contributed by atoms with Gasteiger partial charge in [0.25, 0.3) is 0 Å². The fraction of sp³-hybridized carbons (Fsp3) is 0.389. The Bertz CT molecular complexity index is 614. The summed E-state index contributed by atoms with van der Waals surface area (Å²) in [6.45, 7) is 2.99. The Morgan fingerprint density at radius 2 is 1.86 bits per heavy atom. The molecule has 2 rings (SSSR count). The number of carbonyl (C=O) groups excluding carboxylic acids is 1. The molecule has 0 aliphatic carbocycles. The Labute approximate surface area is 131 Å². The van der Waals surface area contributed by atoms with E-state index in [-0.39, 0.29) is 11.7 Å². The Morgan fingerprint density at radius 3 is 2.50 bits per heavy atom. The zero-order valence-electron chi connectivity index (χ0n) is 13.2. The summed E-state index contributed by atoms with van der Waals surface area (Å²) in [5, 5.41) is 9.38. The van der Waals surface area contributed by atoms with Crippen LogP contribution in [0.3, 0.4) is 0 Å². The second-order valence-electron chi connectivity index (χ2n) is 5.41. The fourth-order valence-electron chi connectivity index (χ4n) is 2.49. The summed E-state index contributed by atoms with van der Waals surface area (Å²) in [5.74, 6) is -0.0866. The van der Waals surface area contributed by atoms with E-state index >= 15 is 0 Å². The van der Waals surface area contributed by atoms with Gasteiger partial charge in [-0.05, 0) is 30.2 Å². The first-order valence-electron chi connectivity index (χ1n) is 7.73. The second-order valence-corrected chi connectivity index (χ2v) is 5.41. The van der Waals surface area contributed by atoms with Crippen molar-refractivity contribution in [2.75, 3.05) is 7.11 Å². The number of esters is 1. The number of methoxy groups -OCH3 is 1. The molecule has 0 aliphatic rings. The number of nitrogens with zero attached hydrogens (tertiary/aromatic N) is 1. The number of ether oxygens (including phenoxy) is 1. The zero-order chi connectivity index (χ0) is 15.9. The summed E-state index contributed by atoms with van der Waals surface area (Å²) < 4.78 is 6.83. The van der Waals surface area contributed by atoms with E-state index in [1.54, 1.807) is 12.1 Å². The number of phenols is 1. The lowest BCUT2D eigenvalue weighted by molar-refractivity contribution is 0.0588. The fourth-order valence-corrected chi connectivity index (χ4v) is 2.49. The number of aromatic nitrogens is 1. The van der Waals surface area contributed by atoms with Crippen molar-refractivity contribution in [1.29, 1.82) is 0 Å². The van der Waals surface area contributed by atoms with Crippen LogP contribution in [0.5, 0.6) is 5.75 Å². The number of unbranched alkanes of at least 4 members (excludes halogenated alkanes) is 3. The van der Waals surface area contributed by atoms with Crippen LogP contribution in [-0.2, 0) is 11.3 Å². The summed E-state index contributed by atoms with van der Waals surface area (Å²) in [5.41, 5.74) is 2.49. The predicted molar refractivity (Wildman–Crippen MR) is 87.0 cm³/mol. The highest BCUT2D eigenvalue weighted by Crippen LogP contribution is 2.25. The second kappa shape index (κ2) is 7.69. The van der Waals surface area contributed by atoms with Crippen molar-refractivity contribution in [2.24, 2.45) is 0 Å². The Hall–Kier alpha value is -2.23. The number of aryl methyl sites for hydroxylation is 1. The normalized spacial score (nSPS) is 10.6. The minimum absolute atomic E-state index is 0.232. The number of phenolic OH excluding ortho intramolecular Hbond substituents is 1. The first-order valence-corrected chi connectivity index (χ1v) is 7.73. The van der Waals surface area contributed by atoms with Crippen LogP contribution in [-0.4, -0.2) is 22.8 Å². The van der Waals surface area contributed by atoms with E-state index in [4.69, 9.17) is 4.74 Å². The maximum Gasteiger partial charge on any atom is 0.354 e. The van der Waals surface area contributed by atoms with Gasteiger partial charge in [0.2, 0.25) is 0 Å². The third kappa shape index (κ3) is 3.91. The predicted octanol–water partition coefficient (Wildman–Crippen LogP) is 4.23. The van der Waals surface area contributed by atoms with Crippen molar-refractivity contribution in [3.8, 4) is 16.9 Å². The number of aromatic hydroxyl groups is 1. The van der Waals surface area contributed by atoms with Crippen molar-refractivity contribution < 1.29 is 14.6 Å². The van der Waals surface area contributed by atoms with E-state index in [1.807, 2.05) is 29.0 Å². The summed E-state index contributed by atoms with van der Waals surface area (Å²) in [4.78, 5) is 11.9. The standard InChI is InChI=1S/C18H23NO3/c1-3-4-5-6-11-19-13-15(12-17(19)18(21)22-2)14-7-9-16(20)10-8-14/h7-10,12-13,20H,3-6,11H2,1-2H3. The molecule has 0 bridgehead atoms. The highest BCUT2D eigenvalue weighted by molar-refractivity contribution is 5.89. The maximum absolute atomic E-state index is 11.9. The van der Waals surface area contributed by atoms with Crippen LogP contribution in [0.15, 0.2) is 36.5 Å². The van der Waals surface area contributed by atoms with Gasteiger partial charge >= 0.3 is 5.97 Å². The van der Waals surface area contributed by atoms with Crippen LogP contribution in [0, 0.1) is 0 Å². The number of benzene rings is 1. The van der Waals surface area contributed by atoms with Gasteiger partial charge in [-0.25, -0.2) is 4.79 Å². The number of hydrogen-bond acceptors (Lipinski definition) is 3. The molecule has 118 valence electrons. The van der Waals surface area contributed by atoms with Gasteiger partial charge in [0.05, 0.1) is 7.11 Å². The Kier molecular flexibility index (Phi) is 5.64. The van der Waals surface area contributed by atoms with Crippen molar-refractivity contribution in [3.05, 3.63) is 42.2 Å². The van der Waals surface area contributed by atoms with Gasteiger partial charge in [0.15, 0.2) is 0 Å². The van der Waals surface area contributed by atoms with Crippen LogP contribution in [0.4, 0.5) is 0 Å². The number of hydrogen-bond donors (Lipinski definition) is 1.